The highest BCUT2D eigenvalue weighted by Gasteiger charge is 2.25. The molecular formula is C20H24BrN. The quantitative estimate of drug-likeness (QED) is 0.748. The van der Waals surface area contributed by atoms with Gasteiger partial charge in [0.15, 0.2) is 0 Å². The van der Waals surface area contributed by atoms with Crippen molar-refractivity contribution in [3.8, 4) is 0 Å². The molecule has 0 amide bonds. The number of hydrogen-bond acceptors (Lipinski definition) is 1. The van der Waals surface area contributed by atoms with Crippen molar-refractivity contribution in [2.75, 3.05) is 13.6 Å². The highest BCUT2D eigenvalue weighted by atomic mass is 79.9. The topological polar surface area (TPSA) is 3.24 Å². The third kappa shape index (κ3) is 3.68. The van der Waals surface area contributed by atoms with Gasteiger partial charge in [0.2, 0.25) is 0 Å². The van der Waals surface area contributed by atoms with Gasteiger partial charge in [-0.3, -0.25) is 4.90 Å². The van der Waals surface area contributed by atoms with Gasteiger partial charge in [0.05, 0.1) is 0 Å². The van der Waals surface area contributed by atoms with Crippen LogP contribution in [0.15, 0.2) is 66.2 Å². The van der Waals surface area contributed by atoms with Gasteiger partial charge >= 0.3 is 0 Å². The minimum Gasteiger partial charge on any atom is -0.299 e. The largest absolute Gasteiger partial charge is 0.299 e. The summed E-state index contributed by atoms with van der Waals surface area (Å²) in [4.78, 5) is 2.49. The summed E-state index contributed by atoms with van der Waals surface area (Å²) in [5.74, 6) is 0. The van der Waals surface area contributed by atoms with Gasteiger partial charge in [0.1, 0.15) is 0 Å². The summed E-state index contributed by atoms with van der Waals surface area (Å²) in [6, 6.07) is 22.2. The summed E-state index contributed by atoms with van der Waals surface area (Å²) in [5.41, 5.74) is 5.87. The molecule has 1 unspecified atom stereocenters. The summed E-state index contributed by atoms with van der Waals surface area (Å²) in [6.07, 6.45) is 2.25. The second-order valence-corrected chi connectivity index (χ2v) is 5.96. The molecule has 0 N–H and O–H groups in total. The highest BCUT2D eigenvalue weighted by molar-refractivity contribution is 8.93. The van der Waals surface area contributed by atoms with E-state index in [2.05, 4.69) is 79.5 Å². The first-order valence-electron chi connectivity index (χ1n) is 7.75. The summed E-state index contributed by atoms with van der Waals surface area (Å²) >= 11 is 0. The lowest BCUT2D eigenvalue weighted by Crippen LogP contribution is -2.39. The fourth-order valence-electron chi connectivity index (χ4n) is 3.33. The smallest absolute Gasteiger partial charge is 0.0348 e. The molecule has 1 atom stereocenters. The van der Waals surface area contributed by atoms with Crippen molar-refractivity contribution >= 4 is 22.6 Å². The van der Waals surface area contributed by atoms with E-state index >= 15 is 0 Å². The molecule has 0 saturated heterocycles. The maximum Gasteiger partial charge on any atom is 0.0348 e. The number of likely N-dealkylation sites (N-methyl/N-ethyl adjacent to an activating group) is 1. The highest BCUT2D eigenvalue weighted by Crippen LogP contribution is 2.31. The Bertz CT molecular complexity index is 619. The van der Waals surface area contributed by atoms with Gasteiger partial charge in [-0.15, -0.1) is 17.0 Å². The van der Waals surface area contributed by atoms with Gasteiger partial charge in [-0.2, -0.15) is 0 Å². The molecule has 0 aromatic heterocycles. The van der Waals surface area contributed by atoms with Gasteiger partial charge in [0.25, 0.3) is 0 Å². The first-order valence-corrected chi connectivity index (χ1v) is 7.75. The van der Waals surface area contributed by atoms with Crippen LogP contribution >= 0.6 is 17.0 Å². The molecule has 0 saturated carbocycles. The normalized spacial score (nSPS) is 18.9. The van der Waals surface area contributed by atoms with E-state index in [1.165, 1.54) is 22.3 Å². The molecule has 22 heavy (non-hydrogen) atoms. The standard InChI is InChI=1S/C20H23N.BrH/c1-16-19(18-11-7-4-8-12-18)13-14-21(2)20(16)15-17-9-5-3-6-10-17;/h3-12,20H,13-15H2,1-2H3;1H. The zero-order valence-electron chi connectivity index (χ0n) is 13.3. The van der Waals surface area contributed by atoms with Crippen molar-refractivity contribution in [2.24, 2.45) is 0 Å². The molecule has 2 aromatic carbocycles. The molecule has 1 aliphatic rings. The van der Waals surface area contributed by atoms with Crippen molar-refractivity contribution in [1.82, 2.24) is 4.90 Å². The van der Waals surface area contributed by atoms with Gasteiger partial charge in [-0.05, 0) is 43.5 Å². The number of hydrogen-bond donors (Lipinski definition) is 0. The minimum atomic E-state index is 0. The third-order valence-corrected chi connectivity index (χ3v) is 4.62. The molecule has 0 radical (unpaired) electrons. The Labute approximate surface area is 144 Å². The molecule has 1 heterocycles. The molecule has 2 aromatic rings. The maximum absolute atomic E-state index is 2.49. The predicted octanol–water partition coefficient (Wildman–Crippen LogP) is 4.98. The van der Waals surface area contributed by atoms with Gasteiger partial charge in [-0.25, -0.2) is 0 Å². The maximum atomic E-state index is 2.49. The Balaban J connectivity index is 0.00000176. The summed E-state index contributed by atoms with van der Waals surface area (Å²) < 4.78 is 0. The van der Waals surface area contributed by atoms with Crippen LogP contribution in [-0.4, -0.2) is 24.5 Å². The molecule has 1 aliphatic heterocycles. The van der Waals surface area contributed by atoms with Crippen LogP contribution < -0.4 is 0 Å². The SMILES string of the molecule is Br.CC1=C(c2ccccc2)CCN(C)C1Cc1ccccc1. The van der Waals surface area contributed by atoms with Crippen LogP contribution in [0, 0.1) is 0 Å². The zero-order chi connectivity index (χ0) is 14.7. The van der Waals surface area contributed by atoms with Crippen LogP contribution in [0.1, 0.15) is 24.5 Å². The second-order valence-electron chi connectivity index (χ2n) is 5.96. The monoisotopic (exact) mass is 357 g/mol. The van der Waals surface area contributed by atoms with Crippen molar-refractivity contribution in [3.63, 3.8) is 0 Å². The van der Waals surface area contributed by atoms with E-state index in [0.717, 1.165) is 19.4 Å². The van der Waals surface area contributed by atoms with Crippen LogP contribution in [-0.2, 0) is 6.42 Å². The molecule has 0 aliphatic carbocycles. The number of nitrogens with zero attached hydrogens (tertiary/aromatic N) is 1. The van der Waals surface area contributed by atoms with Crippen LogP contribution in [0.4, 0.5) is 0 Å². The van der Waals surface area contributed by atoms with Crippen molar-refractivity contribution in [2.45, 2.75) is 25.8 Å². The zero-order valence-corrected chi connectivity index (χ0v) is 15.0. The van der Waals surface area contributed by atoms with E-state index in [-0.39, 0.29) is 17.0 Å². The molecule has 3 rings (SSSR count). The first kappa shape index (κ1) is 17.0. The Kier molecular flexibility index (Phi) is 5.98. The molecule has 0 spiro atoms. The molecular weight excluding hydrogens is 334 g/mol. The Hall–Kier alpha value is -1.38. The fraction of sp³-hybridized carbons (Fsp3) is 0.300. The third-order valence-electron chi connectivity index (χ3n) is 4.62. The van der Waals surface area contributed by atoms with E-state index in [4.69, 9.17) is 0 Å². The molecule has 0 fully saturated rings. The summed E-state index contributed by atoms with van der Waals surface area (Å²) in [6.45, 7) is 3.45. The summed E-state index contributed by atoms with van der Waals surface area (Å²) in [7, 11) is 2.25. The minimum absolute atomic E-state index is 0. The fourth-order valence-corrected chi connectivity index (χ4v) is 3.33. The van der Waals surface area contributed by atoms with Crippen molar-refractivity contribution in [3.05, 3.63) is 77.4 Å². The van der Waals surface area contributed by atoms with Gasteiger partial charge < -0.3 is 0 Å². The van der Waals surface area contributed by atoms with Crippen molar-refractivity contribution < 1.29 is 0 Å². The number of rotatable bonds is 3. The van der Waals surface area contributed by atoms with Gasteiger partial charge in [-0.1, -0.05) is 66.2 Å². The number of halogens is 1. The van der Waals surface area contributed by atoms with E-state index in [9.17, 15) is 0 Å². The lowest BCUT2D eigenvalue weighted by molar-refractivity contribution is 0.265. The van der Waals surface area contributed by atoms with E-state index < -0.39 is 0 Å². The predicted molar refractivity (Wildman–Crippen MR) is 101 cm³/mol. The first-order chi connectivity index (χ1) is 10.3. The van der Waals surface area contributed by atoms with Crippen LogP contribution in [0.2, 0.25) is 0 Å². The molecule has 2 heteroatoms. The number of benzene rings is 2. The van der Waals surface area contributed by atoms with E-state index in [1.54, 1.807) is 0 Å². The average Bonchev–Trinajstić information content (AvgIpc) is 2.53. The van der Waals surface area contributed by atoms with E-state index in [0.29, 0.717) is 6.04 Å². The van der Waals surface area contributed by atoms with Crippen LogP contribution in [0.5, 0.6) is 0 Å². The Morgan fingerprint density at radius 2 is 1.55 bits per heavy atom. The Morgan fingerprint density at radius 1 is 0.955 bits per heavy atom. The second kappa shape index (κ2) is 7.75. The lowest BCUT2D eigenvalue weighted by Gasteiger charge is -2.36. The molecule has 116 valence electrons. The molecule has 0 bridgehead atoms. The summed E-state index contributed by atoms with van der Waals surface area (Å²) in [5, 5.41) is 0. The average molecular weight is 358 g/mol. The lowest BCUT2D eigenvalue weighted by atomic mass is 9.87. The van der Waals surface area contributed by atoms with E-state index in [1.807, 2.05) is 0 Å². The Morgan fingerprint density at radius 3 is 2.18 bits per heavy atom. The van der Waals surface area contributed by atoms with Gasteiger partial charge in [0, 0.05) is 12.6 Å². The van der Waals surface area contributed by atoms with Crippen LogP contribution in [0.25, 0.3) is 5.57 Å². The van der Waals surface area contributed by atoms with Crippen LogP contribution in [0.3, 0.4) is 0 Å². The molecule has 1 nitrogen and oxygen atoms in total. The van der Waals surface area contributed by atoms with Crippen molar-refractivity contribution in [1.29, 1.82) is 0 Å².